The van der Waals surface area contributed by atoms with E-state index in [1.807, 2.05) is 0 Å². The Labute approximate surface area is 130 Å². The van der Waals surface area contributed by atoms with Gasteiger partial charge in [-0.1, -0.05) is 57.6 Å². The normalized spacial score (nSPS) is 14.3. The van der Waals surface area contributed by atoms with E-state index in [-0.39, 0.29) is 0 Å². The van der Waals surface area contributed by atoms with Crippen LogP contribution in [0.5, 0.6) is 5.75 Å². The molecule has 0 radical (unpaired) electrons. The number of unbranched alkanes of at least 4 members (excludes halogenated alkanes) is 6. The molecule has 0 unspecified atom stereocenters. The van der Waals surface area contributed by atoms with Crippen LogP contribution < -0.4 is 10.1 Å². The summed E-state index contributed by atoms with van der Waals surface area (Å²) in [5, 5.41) is 3.53. The first-order valence-corrected chi connectivity index (χ1v) is 8.83. The third-order valence-corrected chi connectivity index (χ3v) is 4.11. The summed E-state index contributed by atoms with van der Waals surface area (Å²) in [5.74, 6) is 1.01. The molecule has 0 aliphatic heterocycles. The van der Waals surface area contributed by atoms with Crippen molar-refractivity contribution in [2.75, 3.05) is 6.61 Å². The highest BCUT2D eigenvalue weighted by atomic mass is 16.5. The highest BCUT2D eigenvalue weighted by Gasteiger charge is 2.19. The summed E-state index contributed by atoms with van der Waals surface area (Å²) < 4.78 is 5.81. The molecule has 0 atom stereocenters. The van der Waals surface area contributed by atoms with E-state index in [1.54, 1.807) is 0 Å². The van der Waals surface area contributed by atoms with Gasteiger partial charge in [0, 0.05) is 12.6 Å². The van der Waals surface area contributed by atoms with Crippen molar-refractivity contribution in [1.29, 1.82) is 0 Å². The molecule has 0 spiro atoms. The lowest BCUT2D eigenvalue weighted by Crippen LogP contribution is -2.15. The average molecular weight is 289 g/mol. The van der Waals surface area contributed by atoms with E-state index in [0.717, 1.165) is 24.9 Å². The number of hydrogen-bond donors (Lipinski definition) is 1. The summed E-state index contributed by atoms with van der Waals surface area (Å²) in [6.45, 7) is 4.11. The van der Waals surface area contributed by atoms with Crippen LogP contribution in [0.3, 0.4) is 0 Å². The molecule has 0 aromatic heterocycles. The fraction of sp³-hybridized carbons (Fsp3) is 0.684. The van der Waals surface area contributed by atoms with Crippen LogP contribution in [-0.2, 0) is 6.54 Å². The van der Waals surface area contributed by atoms with Crippen LogP contribution in [0.15, 0.2) is 24.3 Å². The zero-order valence-corrected chi connectivity index (χ0v) is 13.6. The third-order valence-electron chi connectivity index (χ3n) is 4.11. The molecule has 1 fully saturated rings. The summed E-state index contributed by atoms with van der Waals surface area (Å²) in [7, 11) is 0. The molecule has 1 aliphatic carbocycles. The molecular formula is C19H31NO. The van der Waals surface area contributed by atoms with Crippen LogP contribution in [0.2, 0.25) is 0 Å². The summed E-state index contributed by atoms with van der Waals surface area (Å²) in [6, 6.07) is 9.33. The fourth-order valence-electron chi connectivity index (χ4n) is 2.50. The van der Waals surface area contributed by atoms with Crippen LogP contribution in [-0.4, -0.2) is 12.6 Å². The van der Waals surface area contributed by atoms with Gasteiger partial charge in [-0.3, -0.25) is 0 Å². The molecule has 0 saturated heterocycles. The topological polar surface area (TPSA) is 21.3 Å². The Balaban J connectivity index is 1.49. The van der Waals surface area contributed by atoms with Crippen molar-refractivity contribution in [1.82, 2.24) is 5.32 Å². The van der Waals surface area contributed by atoms with Crippen LogP contribution in [0.1, 0.15) is 70.3 Å². The van der Waals surface area contributed by atoms with Crippen molar-refractivity contribution in [2.24, 2.45) is 0 Å². The molecule has 0 bridgehead atoms. The molecule has 1 aliphatic rings. The monoisotopic (exact) mass is 289 g/mol. The maximum atomic E-state index is 5.81. The van der Waals surface area contributed by atoms with Crippen molar-refractivity contribution in [3.63, 3.8) is 0 Å². The minimum Gasteiger partial charge on any atom is -0.494 e. The third kappa shape index (κ3) is 7.52. The van der Waals surface area contributed by atoms with E-state index < -0.39 is 0 Å². The van der Waals surface area contributed by atoms with E-state index >= 15 is 0 Å². The van der Waals surface area contributed by atoms with Gasteiger partial charge < -0.3 is 10.1 Å². The molecule has 1 aromatic rings. The minimum absolute atomic E-state index is 0.776. The quantitative estimate of drug-likeness (QED) is 0.542. The second kappa shape index (κ2) is 9.83. The molecule has 0 amide bonds. The van der Waals surface area contributed by atoms with Gasteiger partial charge in [-0.2, -0.15) is 0 Å². The summed E-state index contributed by atoms with van der Waals surface area (Å²) in [4.78, 5) is 0. The molecule has 118 valence electrons. The van der Waals surface area contributed by atoms with Gasteiger partial charge in [0.25, 0.3) is 0 Å². The maximum absolute atomic E-state index is 5.81. The molecular weight excluding hydrogens is 258 g/mol. The number of ether oxygens (including phenoxy) is 1. The standard InChI is InChI=1S/C19H31NO/c1-2-3-4-5-6-7-8-15-21-19-13-9-17(10-14-19)16-20-18-11-12-18/h9-10,13-14,18,20H,2-8,11-12,15-16H2,1H3. The SMILES string of the molecule is CCCCCCCCCOc1ccc(CNC2CC2)cc1. The highest BCUT2D eigenvalue weighted by molar-refractivity contribution is 5.27. The van der Waals surface area contributed by atoms with Gasteiger partial charge in [0.1, 0.15) is 5.75 Å². The smallest absolute Gasteiger partial charge is 0.119 e. The zero-order valence-electron chi connectivity index (χ0n) is 13.6. The predicted molar refractivity (Wildman–Crippen MR) is 89.8 cm³/mol. The molecule has 2 heteroatoms. The second-order valence-corrected chi connectivity index (χ2v) is 6.27. The maximum Gasteiger partial charge on any atom is 0.119 e. The van der Waals surface area contributed by atoms with Gasteiger partial charge in [-0.05, 0) is 37.0 Å². The van der Waals surface area contributed by atoms with Gasteiger partial charge in [0.15, 0.2) is 0 Å². The van der Waals surface area contributed by atoms with Gasteiger partial charge in [-0.15, -0.1) is 0 Å². The minimum atomic E-state index is 0.776. The molecule has 0 heterocycles. The van der Waals surface area contributed by atoms with Crippen molar-refractivity contribution in [2.45, 2.75) is 77.3 Å². The lowest BCUT2D eigenvalue weighted by molar-refractivity contribution is 0.304. The van der Waals surface area contributed by atoms with Gasteiger partial charge in [0.2, 0.25) is 0 Å². The zero-order chi connectivity index (χ0) is 14.8. The van der Waals surface area contributed by atoms with Gasteiger partial charge >= 0.3 is 0 Å². The largest absolute Gasteiger partial charge is 0.494 e. The molecule has 21 heavy (non-hydrogen) atoms. The van der Waals surface area contributed by atoms with Crippen molar-refractivity contribution >= 4 is 0 Å². The Hall–Kier alpha value is -1.02. The first-order valence-electron chi connectivity index (χ1n) is 8.83. The summed E-state index contributed by atoms with van der Waals surface area (Å²) >= 11 is 0. The molecule has 1 aromatic carbocycles. The van der Waals surface area contributed by atoms with Gasteiger partial charge in [0.05, 0.1) is 6.61 Å². The molecule has 2 rings (SSSR count). The molecule has 1 saturated carbocycles. The average Bonchev–Trinajstić information content (AvgIpc) is 3.33. The summed E-state index contributed by atoms with van der Waals surface area (Å²) in [5.41, 5.74) is 1.35. The lowest BCUT2D eigenvalue weighted by Gasteiger charge is -2.08. The predicted octanol–water partition coefficient (Wildman–Crippen LogP) is 5.07. The molecule has 1 N–H and O–H groups in total. The molecule has 2 nitrogen and oxygen atoms in total. The number of hydrogen-bond acceptors (Lipinski definition) is 2. The van der Waals surface area contributed by atoms with E-state index in [9.17, 15) is 0 Å². The first-order chi connectivity index (χ1) is 10.4. The van der Waals surface area contributed by atoms with E-state index in [4.69, 9.17) is 4.74 Å². The Morgan fingerprint density at radius 1 is 0.952 bits per heavy atom. The number of benzene rings is 1. The fourth-order valence-corrected chi connectivity index (χ4v) is 2.50. The van der Waals surface area contributed by atoms with Crippen LogP contribution in [0.25, 0.3) is 0 Å². The first kappa shape index (κ1) is 16.4. The lowest BCUT2D eigenvalue weighted by atomic mass is 10.1. The van der Waals surface area contributed by atoms with Gasteiger partial charge in [-0.25, -0.2) is 0 Å². The Kier molecular flexibility index (Phi) is 7.66. The Bertz CT molecular complexity index is 370. The Morgan fingerprint density at radius 3 is 2.29 bits per heavy atom. The van der Waals surface area contributed by atoms with E-state index in [0.29, 0.717) is 0 Å². The highest BCUT2D eigenvalue weighted by Crippen LogP contribution is 2.20. The van der Waals surface area contributed by atoms with Crippen LogP contribution in [0, 0.1) is 0 Å². The number of nitrogens with one attached hydrogen (secondary N) is 1. The van der Waals surface area contributed by atoms with E-state index in [1.165, 1.54) is 63.4 Å². The Morgan fingerprint density at radius 2 is 1.62 bits per heavy atom. The van der Waals surface area contributed by atoms with E-state index in [2.05, 4.69) is 36.5 Å². The van der Waals surface area contributed by atoms with Crippen LogP contribution >= 0.6 is 0 Å². The number of rotatable bonds is 12. The van der Waals surface area contributed by atoms with Crippen molar-refractivity contribution in [3.05, 3.63) is 29.8 Å². The van der Waals surface area contributed by atoms with Crippen molar-refractivity contribution in [3.8, 4) is 5.75 Å². The van der Waals surface area contributed by atoms with Crippen LogP contribution in [0.4, 0.5) is 0 Å². The second-order valence-electron chi connectivity index (χ2n) is 6.27. The summed E-state index contributed by atoms with van der Waals surface area (Å²) in [6.07, 6.45) is 12.0. The van der Waals surface area contributed by atoms with Crippen molar-refractivity contribution < 1.29 is 4.74 Å².